The third-order valence-electron chi connectivity index (χ3n) is 5.78. The van der Waals surface area contributed by atoms with E-state index in [1.54, 1.807) is 0 Å². The first-order valence-electron chi connectivity index (χ1n) is 11.0. The number of benzene rings is 2. The fourth-order valence-corrected chi connectivity index (χ4v) is 3.96. The number of carbonyl (C=O) groups excluding carboxylic acids is 1. The van der Waals surface area contributed by atoms with Crippen LogP contribution in [-0.4, -0.2) is 53.2 Å². The van der Waals surface area contributed by atoms with Crippen molar-refractivity contribution < 1.29 is 4.79 Å². The maximum Gasteiger partial charge on any atom is 0.317 e. The van der Waals surface area contributed by atoms with Crippen LogP contribution in [0.25, 0.3) is 0 Å². The molecule has 1 N–H and O–H groups in total. The number of nitrogens with zero attached hydrogens (tertiary/aromatic N) is 5. The number of aryl methyl sites for hydroxylation is 1. The number of carbonyl (C=O) groups is 1. The van der Waals surface area contributed by atoms with Gasteiger partial charge in [0, 0.05) is 32.7 Å². The maximum absolute atomic E-state index is 12.5. The zero-order valence-corrected chi connectivity index (χ0v) is 18.2. The smallest absolute Gasteiger partial charge is 0.317 e. The molecule has 0 bridgehead atoms. The number of aromatic nitrogens is 2. The highest BCUT2D eigenvalue weighted by Crippen LogP contribution is 2.18. The molecule has 7 nitrogen and oxygen atoms in total. The summed E-state index contributed by atoms with van der Waals surface area (Å²) in [4.78, 5) is 21.0. The zero-order valence-electron chi connectivity index (χ0n) is 18.2. The lowest BCUT2D eigenvalue weighted by Gasteiger charge is -2.36. The number of imidazole rings is 1. The Morgan fingerprint density at radius 3 is 2.47 bits per heavy atom. The van der Waals surface area contributed by atoms with E-state index in [1.807, 2.05) is 59.9 Å². The van der Waals surface area contributed by atoms with Crippen molar-refractivity contribution in [1.82, 2.24) is 19.8 Å². The van der Waals surface area contributed by atoms with E-state index >= 15 is 0 Å². The lowest BCUT2D eigenvalue weighted by molar-refractivity contribution is 0.194. The highest BCUT2D eigenvalue weighted by atomic mass is 16.2. The van der Waals surface area contributed by atoms with Gasteiger partial charge in [0.25, 0.3) is 0 Å². The average Bonchev–Trinajstić information content (AvgIpc) is 3.31. The number of amides is 2. The Morgan fingerprint density at radius 2 is 1.75 bits per heavy atom. The summed E-state index contributed by atoms with van der Waals surface area (Å²) in [7, 11) is 0. The van der Waals surface area contributed by atoms with Crippen molar-refractivity contribution in [3.63, 3.8) is 0 Å². The fraction of sp³-hybridized carbons (Fsp3) is 0.320. The fourth-order valence-electron chi connectivity index (χ4n) is 3.96. The van der Waals surface area contributed by atoms with Crippen LogP contribution in [0.3, 0.4) is 0 Å². The van der Waals surface area contributed by atoms with Crippen LogP contribution in [0.5, 0.6) is 0 Å². The van der Waals surface area contributed by atoms with Gasteiger partial charge in [-0.1, -0.05) is 42.5 Å². The van der Waals surface area contributed by atoms with Crippen molar-refractivity contribution in [3.8, 4) is 6.07 Å². The zero-order chi connectivity index (χ0) is 22.2. The van der Waals surface area contributed by atoms with E-state index in [1.165, 1.54) is 5.56 Å². The van der Waals surface area contributed by atoms with Gasteiger partial charge in [-0.05, 0) is 36.1 Å². The van der Waals surface area contributed by atoms with Crippen molar-refractivity contribution in [2.24, 2.45) is 0 Å². The first-order valence-corrected chi connectivity index (χ1v) is 11.0. The molecule has 4 rings (SSSR count). The minimum Gasteiger partial charge on any atom is -0.353 e. The van der Waals surface area contributed by atoms with Crippen LogP contribution in [-0.2, 0) is 13.0 Å². The molecule has 0 saturated carbocycles. The molecule has 1 saturated heterocycles. The van der Waals surface area contributed by atoms with Gasteiger partial charge in [0.15, 0.2) is 0 Å². The van der Waals surface area contributed by atoms with Gasteiger partial charge in [-0.25, -0.2) is 9.78 Å². The van der Waals surface area contributed by atoms with Gasteiger partial charge in [-0.3, -0.25) is 0 Å². The Labute approximate surface area is 188 Å². The van der Waals surface area contributed by atoms with Crippen molar-refractivity contribution >= 4 is 11.8 Å². The number of nitriles is 1. The highest BCUT2D eigenvalue weighted by molar-refractivity contribution is 5.74. The Hall–Kier alpha value is -3.79. The molecule has 3 aromatic rings. The largest absolute Gasteiger partial charge is 0.353 e. The molecule has 1 aliphatic rings. The van der Waals surface area contributed by atoms with Crippen molar-refractivity contribution in [3.05, 3.63) is 83.8 Å². The van der Waals surface area contributed by atoms with Gasteiger partial charge in [0.1, 0.15) is 5.82 Å². The quantitative estimate of drug-likeness (QED) is 0.586. The van der Waals surface area contributed by atoms with Crippen LogP contribution in [0, 0.1) is 11.3 Å². The number of nitrogens with one attached hydrogen (secondary N) is 1. The standard InChI is InChI=1S/C25H28N6O/c26-17-22-8-10-23(11-9-22)19-31-20-27-18-24(31)29-13-15-30(16-14-29)25(32)28-12-4-7-21-5-2-1-3-6-21/h1-3,5-6,8-11,18,20H,4,7,12-16,19H2,(H,28,32). The Balaban J connectivity index is 1.23. The van der Waals surface area contributed by atoms with Crippen LogP contribution < -0.4 is 10.2 Å². The highest BCUT2D eigenvalue weighted by Gasteiger charge is 2.22. The molecule has 0 unspecified atom stereocenters. The van der Waals surface area contributed by atoms with Crippen LogP contribution in [0.2, 0.25) is 0 Å². The summed E-state index contributed by atoms with van der Waals surface area (Å²) in [6.45, 7) is 4.31. The Morgan fingerprint density at radius 1 is 1.00 bits per heavy atom. The number of urea groups is 1. The molecule has 1 aromatic heterocycles. The van der Waals surface area contributed by atoms with E-state index in [9.17, 15) is 4.79 Å². The second-order valence-corrected chi connectivity index (χ2v) is 7.98. The van der Waals surface area contributed by atoms with E-state index in [2.05, 4.69) is 38.0 Å². The molecule has 1 fully saturated rings. The predicted molar refractivity (Wildman–Crippen MR) is 124 cm³/mol. The SMILES string of the molecule is N#Cc1ccc(Cn2cncc2N2CCN(C(=O)NCCCc3ccccc3)CC2)cc1. The van der Waals surface area contributed by atoms with E-state index < -0.39 is 0 Å². The predicted octanol–water partition coefficient (Wildman–Crippen LogP) is 3.27. The van der Waals surface area contributed by atoms with Crippen molar-refractivity contribution in [2.75, 3.05) is 37.6 Å². The monoisotopic (exact) mass is 428 g/mol. The van der Waals surface area contributed by atoms with E-state index in [4.69, 9.17) is 5.26 Å². The first-order chi connectivity index (χ1) is 15.7. The molecule has 2 aromatic carbocycles. The van der Waals surface area contributed by atoms with Gasteiger partial charge < -0.3 is 19.7 Å². The molecule has 2 heterocycles. The molecule has 0 aliphatic carbocycles. The van der Waals surface area contributed by atoms with Crippen LogP contribution >= 0.6 is 0 Å². The maximum atomic E-state index is 12.5. The minimum absolute atomic E-state index is 0.0174. The first kappa shape index (κ1) is 21.4. The summed E-state index contributed by atoms with van der Waals surface area (Å²) in [5.74, 6) is 1.05. The lowest BCUT2D eigenvalue weighted by atomic mass is 10.1. The molecule has 164 valence electrons. The van der Waals surface area contributed by atoms with Crippen molar-refractivity contribution in [2.45, 2.75) is 19.4 Å². The van der Waals surface area contributed by atoms with E-state index in [0.29, 0.717) is 31.7 Å². The third kappa shape index (κ3) is 5.46. The summed E-state index contributed by atoms with van der Waals surface area (Å²) >= 11 is 0. The summed E-state index contributed by atoms with van der Waals surface area (Å²) in [5.41, 5.74) is 3.08. The number of rotatable bonds is 7. The summed E-state index contributed by atoms with van der Waals surface area (Å²) in [6, 6.07) is 20.1. The molecular weight excluding hydrogens is 400 g/mol. The van der Waals surface area contributed by atoms with Gasteiger partial charge in [-0.2, -0.15) is 5.26 Å². The van der Waals surface area contributed by atoms with Crippen molar-refractivity contribution in [1.29, 1.82) is 5.26 Å². The van der Waals surface area contributed by atoms with Gasteiger partial charge in [0.05, 0.1) is 30.7 Å². The average molecular weight is 429 g/mol. The molecule has 7 heteroatoms. The van der Waals surface area contributed by atoms with Gasteiger partial charge in [0.2, 0.25) is 0 Å². The van der Waals surface area contributed by atoms with Crippen LogP contribution in [0.15, 0.2) is 67.1 Å². The summed E-state index contributed by atoms with van der Waals surface area (Å²) in [5, 5.41) is 12.0. The normalized spacial score (nSPS) is 13.6. The van der Waals surface area contributed by atoms with Crippen LogP contribution in [0.4, 0.5) is 10.6 Å². The topological polar surface area (TPSA) is 77.2 Å². The van der Waals surface area contributed by atoms with Crippen LogP contribution in [0.1, 0.15) is 23.1 Å². The summed E-state index contributed by atoms with van der Waals surface area (Å²) in [6.07, 6.45) is 5.62. The number of piperazine rings is 1. The number of hydrogen-bond acceptors (Lipinski definition) is 4. The molecule has 0 atom stereocenters. The molecule has 1 aliphatic heterocycles. The third-order valence-corrected chi connectivity index (χ3v) is 5.78. The number of hydrogen-bond donors (Lipinski definition) is 1. The van der Waals surface area contributed by atoms with E-state index in [0.717, 1.165) is 37.3 Å². The van der Waals surface area contributed by atoms with Gasteiger partial charge in [-0.15, -0.1) is 0 Å². The number of anilines is 1. The molecule has 2 amide bonds. The second-order valence-electron chi connectivity index (χ2n) is 7.98. The molecule has 32 heavy (non-hydrogen) atoms. The molecule has 0 spiro atoms. The molecule has 0 radical (unpaired) electrons. The Bertz CT molecular complexity index is 1050. The lowest BCUT2D eigenvalue weighted by Crippen LogP contribution is -2.52. The summed E-state index contributed by atoms with van der Waals surface area (Å²) < 4.78 is 2.11. The molecular formula is C25H28N6O. The second kappa shape index (κ2) is 10.5. The Kier molecular flexibility index (Phi) is 7.03. The van der Waals surface area contributed by atoms with Gasteiger partial charge >= 0.3 is 6.03 Å². The minimum atomic E-state index is 0.0174. The van der Waals surface area contributed by atoms with E-state index in [-0.39, 0.29) is 6.03 Å².